The van der Waals surface area contributed by atoms with Crippen molar-refractivity contribution in [3.63, 3.8) is 0 Å². The molecule has 0 atom stereocenters. The van der Waals surface area contributed by atoms with Gasteiger partial charge in [-0.2, -0.15) is 4.98 Å². The van der Waals surface area contributed by atoms with Crippen LogP contribution in [0, 0.1) is 11.8 Å². The molecule has 3 aromatic rings. The summed E-state index contributed by atoms with van der Waals surface area (Å²) in [5.74, 6) is 2.39. The van der Waals surface area contributed by atoms with Crippen LogP contribution < -0.4 is 9.64 Å². The number of hydrogen-bond acceptors (Lipinski definition) is 7. The van der Waals surface area contributed by atoms with E-state index >= 15 is 0 Å². The van der Waals surface area contributed by atoms with Crippen LogP contribution in [0.1, 0.15) is 78.4 Å². The summed E-state index contributed by atoms with van der Waals surface area (Å²) in [5, 5.41) is 4.13. The predicted molar refractivity (Wildman–Crippen MR) is 143 cm³/mol. The Hall–Kier alpha value is -3.29. The minimum atomic E-state index is -0.142. The molecule has 198 valence electrons. The number of ether oxygens (including phenoxy) is 1. The van der Waals surface area contributed by atoms with Crippen LogP contribution in [-0.4, -0.2) is 39.2 Å². The van der Waals surface area contributed by atoms with Crippen molar-refractivity contribution in [2.24, 2.45) is 11.8 Å². The molecule has 0 spiro atoms. The Morgan fingerprint density at radius 3 is 2.51 bits per heavy atom. The van der Waals surface area contributed by atoms with Gasteiger partial charge in [0.05, 0.1) is 6.61 Å². The minimum Gasteiger partial charge on any atom is -0.464 e. The van der Waals surface area contributed by atoms with Crippen LogP contribution >= 0.6 is 0 Å². The molecule has 2 heterocycles. The van der Waals surface area contributed by atoms with Gasteiger partial charge in [-0.1, -0.05) is 51.4 Å². The highest BCUT2D eigenvalue weighted by atomic mass is 16.5. The Labute approximate surface area is 219 Å². The molecule has 1 amide bonds. The first kappa shape index (κ1) is 26.8. The van der Waals surface area contributed by atoms with Crippen LogP contribution in [0.15, 0.2) is 41.2 Å². The fraction of sp³-hybridized carbons (Fsp3) is 0.552. The van der Waals surface area contributed by atoms with Gasteiger partial charge in [0.25, 0.3) is 0 Å². The van der Waals surface area contributed by atoms with E-state index in [9.17, 15) is 4.79 Å². The highest BCUT2D eigenvalue weighted by molar-refractivity contribution is 5.96. The number of carbonyl (C=O) groups excluding carboxylic acids is 1. The molecule has 8 nitrogen and oxygen atoms in total. The zero-order valence-electron chi connectivity index (χ0n) is 22.7. The number of carbonyl (C=O) groups is 1. The topological polar surface area (TPSA) is 94.2 Å². The van der Waals surface area contributed by atoms with E-state index in [1.54, 1.807) is 12.4 Å². The van der Waals surface area contributed by atoms with E-state index in [2.05, 4.69) is 53.9 Å². The summed E-state index contributed by atoms with van der Waals surface area (Å²) in [5.41, 5.74) is 2.65. The summed E-state index contributed by atoms with van der Waals surface area (Å²) in [6.45, 7) is 11.5. The Morgan fingerprint density at radius 1 is 1.11 bits per heavy atom. The number of rotatable bonds is 11. The lowest BCUT2D eigenvalue weighted by Gasteiger charge is -2.36. The van der Waals surface area contributed by atoms with Crippen molar-refractivity contribution in [2.45, 2.75) is 78.6 Å². The summed E-state index contributed by atoms with van der Waals surface area (Å²) in [6, 6.07) is 8.47. The molecule has 0 aliphatic heterocycles. The Morgan fingerprint density at radius 2 is 1.86 bits per heavy atom. The van der Waals surface area contributed by atoms with Gasteiger partial charge in [0.15, 0.2) is 5.82 Å². The number of aryl methyl sites for hydroxylation is 1. The maximum Gasteiger partial charge on any atom is 0.316 e. The number of anilines is 1. The van der Waals surface area contributed by atoms with Crippen molar-refractivity contribution in [3.8, 4) is 17.1 Å². The van der Waals surface area contributed by atoms with Crippen LogP contribution in [0.25, 0.3) is 11.1 Å². The number of nitrogens with zero attached hydrogens (tertiary/aromatic N) is 5. The maximum absolute atomic E-state index is 13.5. The molecular weight excluding hydrogens is 466 g/mol. The predicted octanol–water partition coefficient (Wildman–Crippen LogP) is 6.01. The van der Waals surface area contributed by atoms with Gasteiger partial charge >= 0.3 is 6.01 Å². The normalized spacial score (nSPS) is 17.3. The monoisotopic (exact) mass is 505 g/mol. The van der Waals surface area contributed by atoms with E-state index in [0.717, 1.165) is 61.2 Å². The van der Waals surface area contributed by atoms with Crippen LogP contribution in [0.3, 0.4) is 0 Å². The Kier molecular flexibility index (Phi) is 8.56. The van der Waals surface area contributed by atoms with E-state index in [1.165, 1.54) is 0 Å². The third kappa shape index (κ3) is 6.93. The second-order valence-corrected chi connectivity index (χ2v) is 11.1. The molecule has 2 aromatic heterocycles. The third-order valence-electron chi connectivity index (χ3n) is 6.77. The van der Waals surface area contributed by atoms with Crippen molar-refractivity contribution in [2.75, 3.05) is 18.1 Å². The summed E-state index contributed by atoms with van der Waals surface area (Å²) < 4.78 is 10.8. The van der Waals surface area contributed by atoms with Crippen molar-refractivity contribution in [1.29, 1.82) is 0 Å². The standard InChI is InChI=1S/C29H39N5O3/c1-6-36-28-30-18-23(19-31-28)21-11-10-12-24(17-21)34(26(35)22-15-20(2)16-22)14-9-7-8-13-25-32-27(37-33-25)29(3,4)5/h10-12,17-20,22H,6-9,13-16H2,1-5H3. The number of hydrogen-bond donors (Lipinski definition) is 0. The molecule has 0 N–H and O–H groups in total. The van der Waals surface area contributed by atoms with E-state index in [-0.39, 0.29) is 17.2 Å². The molecule has 1 fully saturated rings. The molecular formula is C29H39N5O3. The van der Waals surface area contributed by atoms with E-state index in [0.29, 0.717) is 31.0 Å². The second kappa shape index (κ2) is 11.8. The van der Waals surface area contributed by atoms with E-state index in [4.69, 9.17) is 9.26 Å². The van der Waals surface area contributed by atoms with Gasteiger partial charge in [-0.25, -0.2) is 9.97 Å². The number of amides is 1. The van der Waals surface area contributed by atoms with Gasteiger partial charge in [-0.05, 0) is 56.2 Å². The molecule has 1 aromatic carbocycles. The van der Waals surface area contributed by atoms with Gasteiger partial charge in [-0.15, -0.1) is 0 Å². The molecule has 37 heavy (non-hydrogen) atoms. The molecule has 1 aliphatic carbocycles. The molecule has 0 radical (unpaired) electrons. The second-order valence-electron chi connectivity index (χ2n) is 11.1. The summed E-state index contributed by atoms with van der Waals surface area (Å²) in [6.07, 6.45) is 9.09. The van der Waals surface area contributed by atoms with Gasteiger partial charge < -0.3 is 14.2 Å². The third-order valence-corrected chi connectivity index (χ3v) is 6.77. The minimum absolute atomic E-state index is 0.114. The Bertz CT molecular complexity index is 1160. The quantitative estimate of drug-likeness (QED) is 0.294. The largest absolute Gasteiger partial charge is 0.464 e. The Balaban J connectivity index is 1.40. The van der Waals surface area contributed by atoms with Crippen molar-refractivity contribution < 1.29 is 14.1 Å². The van der Waals surface area contributed by atoms with Gasteiger partial charge in [-0.3, -0.25) is 4.79 Å². The highest BCUT2D eigenvalue weighted by Gasteiger charge is 2.34. The van der Waals surface area contributed by atoms with Crippen molar-refractivity contribution in [1.82, 2.24) is 20.1 Å². The average molecular weight is 506 g/mol. The lowest BCUT2D eigenvalue weighted by Crippen LogP contribution is -2.42. The fourth-order valence-corrected chi connectivity index (χ4v) is 4.60. The van der Waals surface area contributed by atoms with Gasteiger partial charge in [0.2, 0.25) is 11.8 Å². The van der Waals surface area contributed by atoms with E-state index in [1.807, 2.05) is 30.0 Å². The van der Waals surface area contributed by atoms with Crippen LogP contribution in [0.4, 0.5) is 5.69 Å². The molecule has 1 saturated carbocycles. The maximum atomic E-state index is 13.5. The number of benzene rings is 1. The zero-order chi connectivity index (χ0) is 26.4. The first-order valence-electron chi connectivity index (χ1n) is 13.4. The van der Waals surface area contributed by atoms with Gasteiger partial charge in [0.1, 0.15) is 0 Å². The smallest absolute Gasteiger partial charge is 0.316 e. The highest BCUT2D eigenvalue weighted by Crippen LogP contribution is 2.36. The van der Waals surface area contributed by atoms with Crippen LogP contribution in [0.2, 0.25) is 0 Å². The first-order chi connectivity index (χ1) is 17.7. The van der Waals surface area contributed by atoms with Crippen molar-refractivity contribution in [3.05, 3.63) is 48.4 Å². The van der Waals surface area contributed by atoms with Crippen LogP contribution in [0.5, 0.6) is 6.01 Å². The van der Waals surface area contributed by atoms with E-state index < -0.39 is 0 Å². The first-order valence-corrected chi connectivity index (χ1v) is 13.4. The SMILES string of the molecule is CCOc1ncc(-c2cccc(N(CCCCCc3noc(C(C)(C)C)n3)C(=O)C3CC(C)C3)c2)cn1. The fourth-order valence-electron chi connectivity index (χ4n) is 4.60. The van der Waals surface area contributed by atoms with Crippen molar-refractivity contribution >= 4 is 11.6 Å². The summed E-state index contributed by atoms with van der Waals surface area (Å²) >= 11 is 0. The molecule has 0 bridgehead atoms. The zero-order valence-corrected chi connectivity index (χ0v) is 22.7. The average Bonchev–Trinajstić information content (AvgIpc) is 3.34. The van der Waals surface area contributed by atoms with Crippen LogP contribution in [-0.2, 0) is 16.6 Å². The molecule has 8 heteroatoms. The van der Waals surface area contributed by atoms with Gasteiger partial charge in [0, 0.05) is 47.9 Å². The summed E-state index contributed by atoms with van der Waals surface area (Å²) in [7, 11) is 0. The lowest BCUT2D eigenvalue weighted by atomic mass is 9.75. The number of aromatic nitrogens is 4. The summed E-state index contributed by atoms with van der Waals surface area (Å²) in [4.78, 5) is 28.6. The molecule has 1 aliphatic rings. The number of unbranched alkanes of at least 4 members (excludes halogenated alkanes) is 2. The molecule has 0 unspecified atom stereocenters. The molecule has 4 rings (SSSR count). The molecule has 0 saturated heterocycles. The lowest BCUT2D eigenvalue weighted by molar-refractivity contribution is -0.126.